The molecule has 0 rings (SSSR count). The van der Waals surface area contributed by atoms with Crippen LogP contribution in [0.4, 0.5) is 0 Å². The molecule has 0 atom stereocenters. The maximum Gasteiger partial charge on any atom is 0.406 e. The third-order valence-corrected chi connectivity index (χ3v) is 4.21. The van der Waals surface area contributed by atoms with Crippen LogP contribution in [0, 0.1) is 5.92 Å². The van der Waals surface area contributed by atoms with Gasteiger partial charge in [-0.2, -0.15) is 0 Å². The van der Waals surface area contributed by atoms with Gasteiger partial charge in [-0.25, -0.2) is 0 Å². The maximum atomic E-state index is 9.90. The summed E-state index contributed by atoms with van der Waals surface area (Å²) in [4.78, 5) is 0. The first-order valence-electron chi connectivity index (χ1n) is 5.96. The number of aliphatic hydroxyl groups is 1. The second kappa shape index (κ2) is 5.96. The normalized spacial score (nSPS) is 14.2. The summed E-state index contributed by atoms with van der Waals surface area (Å²) in [6, 6.07) is 0. The monoisotopic (exact) mass is 261 g/mol. The van der Waals surface area contributed by atoms with E-state index in [2.05, 4.69) is 13.8 Å². The van der Waals surface area contributed by atoms with E-state index in [0.717, 1.165) is 0 Å². The van der Waals surface area contributed by atoms with Crippen molar-refractivity contribution in [2.75, 3.05) is 0 Å². The van der Waals surface area contributed by atoms with Crippen LogP contribution in [0.2, 0.25) is 0 Å². The highest BCUT2D eigenvalue weighted by Crippen LogP contribution is 2.28. The standard InChI is InChI=1S/C12H26BO3S/c1-9(2)10(3,4)16-17-13-15-12(7,8)11(5,6)14/h9,14H,1-8H3. The van der Waals surface area contributed by atoms with Gasteiger partial charge < -0.3 is 13.9 Å². The fourth-order valence-electron chi connectivity index (χ4n) is 0.524. The fraction of sp³-hybridized carbons (Fsp3) is 1.00. The predicted molar refractivity (Wildman–Crippen MR) is 74.8 cm³/mol. The molecule has 101 valence electrons. The molecule has 0 heterocycles. The molecule has 1 N–H and O–H groups in total. The molecule has 5 heteroatoms. The van der Waals surface area contributed by atoms with Gasteiger partial charge in [-0.15, -0.1) is 0 Å². The van der Waals surface area contributed by atoms with Crippen molar-refractivity contribution in [3.05, 3.63) is 0 Å². The highest BCUT2D eigenvalue weighted by molar-refractivity contribution is 8.18. The van der Waals surface area contributed by atoms with E-state index in [1.54, 1.807) is 20.6 Å². The minimum Gasteiger partial charge on any atom is -0.419 e. The molecule has 0 amide bonds. The lowest BCUT2D eigenvalue weighted by Gasteiger charge is -2.37. The van der Waals surface area contributed by atoms with Gasteiger partial charge in [-0.1, -0.05) is 13.8 Å². The van der Waals surface area contributed by atoms with Gasteiger partial charge in [0.1, 0.15) is 0 Å². The number of rotatable bonds is 7. The SMILES string of the molecule is CC(C)C(C)(C)OS[B]OC(C)(C)C(C)(C)O. The Kier molecular flexibility index (Phi) is 6.06. The van der Waals surface area contributed by atoms with Crippen molar-refractivity contribution in [1.29, 1.82) is 0 Å². The summed E-state index contributed by atoms with van der Waals surface area (Å²) < 4.78 is 11.2. The Labute approximate surface area is 111 Å². The first-order valence-corrected chi connectivity index (χ1v) is 6.77. The van der Waals surface area contributed by atoms with Crippen LogP contribution in [0.3, 0.4) is 0 Å². The molecule has 0 spiro atoms. The van der Waals surface area contributed by atoms with Gasteiger partial charge in [0.15, 0.2) is 0 Å². The van der Waals surface area contributed by atoms with E-state index in [1.807, 2.05) is 27.7 Å². The molecular weight excluding hydrogens is 235 g/mol. The van der Waals surface area contributed by atoms with Crippen LogP contribution >= 0.6 is 11.9 Å². The third kappa shape index (κ3) is 5.64. The van der Waals surface area contributed by atoms with E-state index in [0.29, 0.717) is 5.92 Å². The molecule has 17 heavy (non-hydrogen) atoms. The molecule has 0 fully saturated rings. The molecule has 0 saturated carbocycles. The van der Waals surface area contributed by atoms with Gasteiger partial charge in [-0.3, -0.25) is 0 Å². The average molecular weight is 261 g/mol. The van der Waals surface area contributed by atoms with Crippen LogP contribution in [0.5, 0.6) is 0 Å². The zero-order valence-electron chi connectivity index (χ0n) is 12.3. The largest absolute Gasteiger partial charge is 0.419 e. The molecule has 1 radical (unpaired) electrons. The van der Waals surface area contributed by atoms with Crippen molar-refractivity contribution < 1.29 is 13.9 Å². The molecule has 0 aliphatic heterocycles. The third-order valence-electron chi connectivity index (χ3n) is 3.51. The van der Waals surface area contributed by atoms with Crippen LogP contribution in [0.15, 0.2) is 0 Å². The first kappa shape index (κ1) is 17.3. The first-order chi connectivity index (χ1) is 7.40. The predicted octanol–water partition coefficient (Wildman–Crippen LogP) is 3.19. The van der Waals surface area contributed by atoms with E-state index in [-0.39, 0.29) is 5.60 Å². The zero-order valence-corrected chi connectivity index (χ0v) is 13.1. The van der Waals surface area contributed by atoms with Crippen LogP contribution < -0.4 is 0 Å². The second-order valence-electron chi connectivity index (χ2n) is 6.22. The van der Waals surface area contributed by atoms with Gasteiger partial charge in [0.2, 0.25) is 0 Å². The second-order valence-corrected chi connectivity index (χ2v) is 6.77. The molecule has 0 aromatic carbocycles. The van der Waals surface area contributed by atoms with Crippen molar-refractivity contribution in [2.24, 2.45) is 5.92 Å². The van der Waals surface area contributed by atoms with Crippen LogP contribution in [0.25, 0.3) is 0 Å². The van der Waals surface area contributed by atoms with Crippen LogP contribution in [-0.4, -0.2) is 28.7 Å². The lowest BCUT2D eigenvalue weighted by molar-refractivity contribution is -0.0887. The molecule has 3 nitrogen and oxygen atoms in total. The van der Waals surface area contributed by atoms with E-state index in [9.17, 15) is 5.11 Å². The quantitative estimate of drug-likeness (QED) is 0.434. The smallest absolute Gasteiger partial charge is 0.406 e. The van der Waals surface area contributed by atoms with Crippen molar-refractivity contribution in [3.8, 4) is 0 Å². The Morgan fingerprint density at radius 3 is 1.88 bits per heavy atom. The average Bonchev–Trinajstić information content (AvgIpc) is 2.10. The molecule has 0 saturated heterocycles. The molecule has 0 unspecified atom stereocenters. The molecule has 0 aliphatic carbocycles. The van der Waals surface area contributed by atoms with Crippen molar-refractivity contribution >= 4 is 18.7 Å². The Morgan fingerprint density at radius 1 is 1.06 bits per heavy atom. The summed E-state index contributed by atoms with van der Waals surface area (Å²) in [6.45, 7) is 17.0. The molecule has 0 bridgehead atoms. The summed E-state index contributed by atoms with van der Waals surface area (Å²) >= 11 is 1.17. The van der Waals surface area contributed by atoms with E-state index < -0.39 is 11.2 Å². The fourth-order valence-corrected chi connectivity index (χ4v) is 1.28. The van der Waals surface area contributed by atoms with Gasteiger partial charge >= 0.3 is 6.76 Å². The van der Waals surface area contributed by atoms with Crippen LogP contribution in [0.1, 0.15) is 55.4 Å². The lowest BCUT2D eigenvalue weighted by Crippen LogP contribution is -2.47. The van der Waals surface area contributed by atoms with Gasteiger partial charge in [0.25, 0.3) is 0 Å². The summed E-state index contributed by atoms with van der Waals surface area (Å²) in [5, 5.41) is 9.90. The molecule has 0 aliphatic rings. The minimum atomic E-state index is -0.905. The summed E-state index contributed by atoms with van der Waals surface area (Å²) in [5.41, 5.74) is -1.76. The van der Waals surface area contributed by atoms with Crippen LogP contribution in [-0.2, 0) is 8.84 Å². The Balaban J connectivity index is 4.02. The highest BCUT2D eigenvalue weighted by atomic mass is 32.2. The zero-order chi connectivity index (χ0) is 13.9. The van der Waals surface area contributed by atoms with Crippen molar-refractivity contribution in [3.63, 3.8) is 0 Å². The molecular formula is C12H26BO3S. The summed E-state index contributed by atoms with van der Waals surface area (Å²) in [7, 11) is 0. The number of hydrogen-bond acceptors (Lipinski definition) is 4. The van der Waals surface area contributed by atoms with E-state index in [4.69, 9.17) is 8.84 Å². The maximum absolute atomic E-state index is 9.90. The van der Waals surface area contributed by atoms with Gasteiger partial charge in [-0.05, 0) is 59.4 Å². The summed E-state index contributed by atoms with van der Waals surface area (Å²) in [6.07, 6.45) is 0. The van der Waals surface area contributed by atoms with Crippen molar-refractivity contribution in [1.82, 2.24) is 0 Å². The highest BCUT2D eigenvalue weighted by Gasteiger charge is 2.36. The Bertz CT molecular complexity index is 234. The molecule has 0 aromatic rings. The Morgan fingerprint density at radius 2 is 1.53 bits per heavy atom. The van der Waals surface area contributed by atoms with E-state index >= 15 is 0 Å². The van der Waals surface area contributed by atoms with E-state index in [1.165, 1.54) is 11.9 Å². The molecule has 0 aromatic heterocycles. The lowest BCUT2D eigenvalue weighted by atomic mass is 9.89. The Hall–Kier alpha value is 0.295. The topological polar surface area (TPSA) is 38.7 Å². The summed E-state index contributed by atoms with van der Waals surface area (Å²) in [5.74, 6) is 0.422. The minimum absolute atomic E-state index is 0.205. The van der Waals surface area contributed by atoms with Gasteiger partial charge in [0.05, 0.1) is 16.8 Å². The van der Waals surface area contributed by atoms with Gasteiger partial charge in [0, 0.05) is 0 Å². The number of hydrogen-bond donors (Lipinski definition) is 1. The van der Waals surface area contributed by atoms with Crippen molar-refractivity contribution in [2.45, 2.75) is 72.2 Å².